The van der Waals surface area contributed by atoms with Crippen LogP contribution < -0.4 is 5.14 Å². The van der Waals surface area contributed by atoms with Crippen LogP contribution in [0.3, 0.4) is 0 Å². The number of rotatable bonds is 2. The molecule has 0 fully saturated rings. The maximum Gasteiger partial charge on any atom is 0.240 e. The predicted octanol–water partition coefficient (Wildman–Crippen LogP) is 0.701. The molecule has 0 aliphatic carbocycles. The van der Waals surface area contributed by atoms with Crippen molar-refractivity contribution < 1.29 is 17.9 Å². The average Bonchev–Trinajstić information content (AvgIpc) is 1.99. The number of hydrogen-bond acceptors (Lipinski definition) is 3. The van der Waals surface area contributed by atoms with E-state index in [-0.39, 0.29) is 5.56 Å². The maximum atomic E-state index is 13.3. The highest BCUT2D eigenvalue weighted by Crippen LogP contribution is 2.23. The van der Waals surface area contributed by atoms with Crippen LogP contribution in [-0.4, -0.2) is 13.5 Å². The second-order valence-corrected chi connectivity index (χ2v) is 5.28. The maximum absolute atomic E-state index is 13.3. The highest BCUT2D eigenvalue weighted by atomic mass is 32.2. The minimum Gasteiger partial charge on any atom is -0.386 e. The fourth-order valence-electron chi connectivity index (χ4n) is 1.11. The minimum atomic E-state index is -4.05. The molecule has 0 aliphatic heterocycles. The lowest BCUT2D eigenvalue weighted by molar-refractivity contribution is 0.0781. The molecule has 6 heteroatoms. The summed E-state index contributed by atoms with van der Waals surface area (Å²) in [5.74, 6) is -0.961. The predicted molar refractivity (Wildman–Crippen MR) is 53.0 cm³/mol. The molecule has 1 rings (SSSR count). The third kappa shape index (κ3) is 2.74. The van der Waals surface area contributed by atoms with Gasteiger partial charge in [0.1, 0.15) is 10.7 Å². The van der Waals surface area contributed by atoms with Crippen molar-refractivity contribution in [2.75, 3.05) is 0 Å². The largest absolute Gasteiger partial charge is 0.386 e. The lowest BCUT2D eigenvalue weighted by atomic mass is 9.99. The molecule has 4 nitrogen and oxygen atoms in total. The fourth-order valence-corrected chi connectivity index (χ4v) is 1.70. The Morgan fingerprint density at radius 1 is 1.40 bits per heavy atom. The molecule has 3 N–H and O–H groups in total. The monoisotopic (exact) mass is 233 g/mol. The number of primary sulfonamides is 1. The third-order valence-corrected chi connectivity index (χ3v) is 2.89. The average molecular weight is 233 g/mol. The molecular weight excluding hydrogens is 221 g/mol. The summed E-state index contributed by atoms with van der Waals surface area (Å²) in [6, 6.07) is 3.32. The lowest BCUT2D eigenvalue weighted by Gasteiger charge is -2.18. The summed E-state index contributed by atoms with van der Waals surface area (Å²) < 4.78 is 35.1. The third-order valence-electron chi connectivity index (χ3n) is 1.94. The van der Waals surface area contributed by atoms with Crippen molar-refractivity contribution in [3.05, 3.63) is 29.6 Å². The highest BCUT2D eigenvalue weighted by Gasteiger charge is 2.20. The van der Waals surface area contributed by atoms with Crippen molar-refractivity contribution in [3.63, 3.8) is 0 Å². The van der Waals surface area contributed by atoms with Crippen LogP contribution in [0.15, 0.2) is 23.1 Å². The zero-order valence-electron chi connectivity index (χ0n) is 8.36. The van der Waals surface area contributed by atoms with Gasteiger partial charge in [0.05, 0.1) is 5.60 Å². The normalized spacial score (nSPS) is 12.9. The SMILES string of the molecule is CC(C)(O)c1ccc(S(N)(=O)=O)c(F)c1. The van der Waals surface area contributed by atoms with E-state index in [1.54, 1.807) is 0 Å². The Hall–Kier alpha value is -0.980. The van der Waals surface area contributed by atoms with Gasteiger partial charge in [-0.05, 0) is 31.5 Å². The topological polar surface area (TPSA) is 80.4 Å². The van der Waals surface area contributed by atoms with Gasteiger partial charge >= 0.3 is 0 Å². The van der Waals surface area contributed by atoms with E-state index >= 15 is 0 Å². The molecule has 0 aliphatic rings. The smallest absolute Gasteiger partial charge is 0.240 e. The van der Waals surface area contributed by atoms with E-state index < -0.39 is 26.3 Å². The first-order chi connectivity index (χ1) is 6.62. The van der Waals surface area contributed by atoms with Crippen LogP contribution in [0.4, 0.5) is 4.39 Å². The van der Waals surface area contributed by atoms with Crippen LogP contribution in [0.25, 0.3) is 0 Å². The summed E-state index contributed by atoms with van der Waals surface area (Å²) in [5, 5.41) is 14.3. The fraction of sp³-hybridized carbons (Fsp3) is 0.333. The highest BCUT2D eigenvalue weighted by molar-refractivity contribution is 7.89. The molecule has 84 valence electrons. The second-order valence-electron chi connectivity index (χ2n) is 3.75. The van der Waals surface area contributed by atoms with Crippen LogP contribution in [0.1, 0.15) is 19.4 Å². The van der Waals surface area contributed by atoms with Gasteiger partial charge in [0.25, 0.3) is 0 Å². The molecule has 0 amide bonds. The Labute approximate surface area is 87.6 Å². The van der Waals surface area contributed by atoms with Crippen molar-refractivity contribution in [3.8, 4) is 0 Å². The number of halogens is 1. The van der Waals surface area contributed by atoms with Crippen LogP contribution in [0.2, 0.25) is 0 Å². The van der Waals surface area contributed by atoms with E-state index in [1.165, 1.54) is 19.9 Å². The first-order valence-corrected chi connectivity index (χ1v) is 5.72. The van der Waals surface area contributed by atoms with Crippen LogP contribution in [0, 0.1) is 5.82 Å². The summed E-state index contributed by atoms with van der Waals surface area (Å²) >= 11 is 0. The molecule has 0 unspecified atom stereocenters. The zero-order chi connectivity index (χ0) is 11.9. The van der Waals surface area contributed by atoms with E-state index in [9.17, 15) is 17.9 Å². The van der Waals surface area contributed by atoms with Crippen molar-refractivity contribution in [2.24, 2.45) is 5.14 Å². The van der Waals surface area contributed by atoms with Gasteiger partial charge in [-0.3, -0.25) is 0 Å². The molecule has 0 saturated carbocycles. The number of sulfonamides is 1. The summed E-state index contributed by atoms with van der Waals surface area (Å²) in [7, 11) is -4.05. The quantitative estimate of drug-likeness (QED) is 0.789. The van der Waals surface area contributed by atoms with Crippen molar-refractivity contribution >= 4 is 10.0 Å². The Morgan fingerprint density at radius 2 is 1.93 bits per heavy atom. The Balaban J connectivity index is 3.34. The van der Waals surface area contributed by atoms with Gasteiger partial charge in [-0.15, -0.1) is 0 Å². The van der Waals surface area contributed by atoms with Gasteiger partial charge in [-0.2, -0.15) is 0 Å². The number of hydrogen-bond donors (Lipinski definition) is 2. The standard InChI is InChI=1S/C9H12FNO3S/c1-9(2,12)6-3-4-8(7(10)5-6)15(11,13)14/h3-5,12H,1-2H3,(H2,11,13,14). The van der Waals surface area contributed by atoms with Crippen LogP contribution in [-0.2, 0) is 15.6 Å². The van der Waals surface area contributed by atoms with E-state index in [4.69, 9.17) is 5.14 Å². The number of aliphatic hydroxyl groups is 1. The molecule has 15 heavy (non-hydrogen) atoms. The van der Waals surface area contributed by atoms with Gasteiger partial charge < -0.3 is 5.11 Å². The van der Waals surface area contributed by atoms with Crippen LogP contribution >= 0.6 is 0 Å². The van der Waals surface area contributed by atoms with E-state index in [1.807, 2.05) is 0 Å². The molecule has 0 bridgehead atoms. The van der Waals surface area contributed by atoms with Gasteiger partial charge in [-0.1, -0.05) is 6.07 Å². The van der Waals surface area contributed by atoms with Crippen LogP contribution in [0.5, 0.6) is 0 Å². The van der Waals surface area contributed by atoms with Crippen molar-refractivity contribution in [1.82, 2.24) is 0 Å². The first-order valence-electron chi connectivity index (χ1n) is 4.17. The zero-order valence-corrected chi connectivity index (χ0v) is 9.18. The van der Waals surface area contributed by atoms with Crippen molar-refractivity contribution in [2.45, 2.75) is 24.3 Å². The summed E-state index contributed by atoms with van der Waals surface area (Å²) in [4.78, 5) is -0.574. The van der Waals surface area contributed by atoms with Crippen molar-refractivity contribution in [1.29, 1.82) is 0 Å². The molecular formula is C9H12FNO3S. The molecule has 0 aromatic heterocycles. The summed E-state index contributed by atoms with van der Waals surface area (Å²) in [5.41, 5.74) is -0.940. The van der Waals surface area contributed by atoms with E-state index in [0.717, 1.165) is 12.1 Å². The molecule has 0 atom stereocenters. The Kier molecular flexibility index (Phi) is 2.86. The molecule has 0 spiro atoms. The number of nitrogens with two attached hydrogens (primary N) is 1. The second kappa shape index (κ2) is 3.55. The Bertz CT molecular complexity index is 477. The molecule has 0 saturated heterocycles. The van der Waals surface area contributed by atoms with E-state index in [0.29, 0.717) is 0 Å². The van der Waals surface area contributed by atoms with Gasteiger partial charge in [-0.25, -0.2) is 17.9 Å². The molecule has 0 radical (unpaired) electrons. The first kappa shape index (κ1) is 12.1. The Morgan fingerprint density at radius 3 is 2.27 bits per heavy atom. The summed E-state index contributed by atoms with van der Waals surface area (Å²) in [6.45, 7) is 2.94. The molecule has 0 heterocycles. The minimum absolute atomic E-state index is 0.285. The lowest BCUT2D eigenvalue weighted by Crippen LogP contribution is -2.18. The molecule has 1 aromatic carbocycles. The summed E-state index contributed by atoms with van der Waals surface area (Å²) in [6.07, 6.45) is 0. The molecule has 1 aromatic rings. The van der Waals surface area contributed by atoms with Gasteiger partial charge in [0, 0.05) is 0 Å². The van der Waals surface area contributed by atoms with Gasteiger partial charge in [0.15, 0.2) is 0 Å². The van der Waals surface area contributed by atoms with Gasteiger partial charge in [0.2, 0.25) is 10.0 Å². The number of benzene rings is 1. The van der Waals surface area contributed by atoms with E-state index in [2.05, 4.69) is 0 Å².